The number of benzene rings is 1. The Bertz CT molecular complexity index is 623. The molecule has 0 unspecified atom stereocenters. The fourth-order valence-corrected chi connectivity index (χ4v) is 2.42. The Morgan fingerprint density at radius 2 is 1.75 bits per heavy atom. The smallest absolute Gasteiger partial charge is 0.221 e. The summed E-state index contributed by atoms with van der Waals surface area (Å²) in [4.78, 5) is 22.5. The van der Waals surface area contributed by atoms with Crippen LogP contribution >= 0.6 is 0 Å². The van der Waals surface area contributed by atoms with Crippen molar-refractivity contribution in [2.45, 2.75) is 38.4 Å². The van der Waals surface area contributed by atoms with Crippen molar-refractivity contribution in [3.8, 4) is 0 Å². The van der Waals surface area contributed by atoms with E-state index in [-0.39, 0.29) is 11.8 Å². The lowest BCUT2D eigenvalue weighted by molar-refractivity contribution is -0.115. The van der Waals surface area contributed by atoms with Crippen molar-refractivity contribution in [1.82, 2.24) is 0 Å². The maximum atomic E-state index is 11.3. The number of hydrogen-bond acceptors (Lipinski definition) is 7. The van der Waals surface area contributed by atoms with E-state index in [2.05, 4.69) is 16.0 Å². The molecular formula is C15H21N3O6. The van der Waals surface area contributed by atoms with E-state index in [4.69, 9.17) is 9.84 Å². The molecule has 2 amide bonds. The largest absolute Gasteiger partial charge is 0.394 e. The first kappa shape index (κ1) is 18.1. The van der Waals surface area contributed by atoms with Crippen molar-refractivity contribution in [3.05, 3.63) is 18.2 Å². The summed E-state index contributed by atoms with van der Waals surface area (Å²) in [6.45, 7) is 2.26. The molecule has 0 radical (unpaired) electrons. The van der Waals surface area contributed by atoms with Crippen molar-refractivity contribution < 1.29 is 29.6 Å². The molecule has 0 saturated carbocycles. The Morgan fingerprint density at radius 1 is 1.08 bits per heavy atom. The minimum absolute atomic E-state index is 0.263. The molecule has 1 aliphatic heterocycles. The lowest BCUT2D eigenvalue weighted by Crippen LogP contribution is -2.36. The Hall–Kier alpha value is -2.20. The van der Waals surface area contributed by atoms with E-state index < -0.39 is 31.1 Å². The summed E-state index contributed by atoms with van der Waals surface area (Å²) in [5.41, 5.74) is 1.27. The van der Waals surface area contributed by atoms with Gasteiger partial charge in [0.25, 0.3) is 0 Å². The molecule has 1 aromatic carbocycles. The molecule has 2 rings (SSSR count). The average molecular weight is 339 g/mol. The summed E-state index contributed by atoms with van der Waals surface area (Å²) in [5, 5.41) is 37.0. The fourth-order valence-electron chi connectivity index (χ4n) is 2.42. The summed E-state index contributed by atoms with van der Waals surface area (Å²) in [6, 6.07) is 4.74. The zero-order valence-electron chi connectivity index (χ0n) is 13.3. The fraction of sp³-hybridized carbons (Fsp3) is 0.467. The van der Waals surface area contributed by atoms with Crippen molar-refractivity contribution in [2.24, 2.45) is 0 Å². The van der Waals surface area contributed by atoms with Gasteiger partial charge in [0.05, 0.1) is 18.0 Å². The van der Waals surface area contributed by atoms with Crippen LogP contribution in [0.1, 0.15) is 13.8 Å². The van der Waals surface area contributed by atoms with E-state index in [1.54, 1.807) is 18.2 Å². The second-order valence-electron chi connectivity index (χ2n) is 5.53. The van der Waals surface area contributed by atoms with Crippen molar-refractivity contribution in [1.29, 1.82) is 0 Å². The zero-order valence-corrected chi connectivity index (χ0v) is 13.3. The monoisotopic (exact) mass is 339 g/mol. The predicted molar refractivity (Wildman–Crippen MR) is 86.4 cm³/mol. The maximum Gasteiger partial charge on any atom is 0.221 e. The molecule has 1 fully saturated rings. The Labute approximate surface area is 138 Å². The van der Waals surface area contributed by atoms with Gasteiger partial charge in [-0.25, -0.2) is 0 Å². The molecule has 9 heteroatoms. The van der Waals surface area contributed by atoms with Gasteiger partial charge in [-0.2, -0.15) is 0 Å². The number of carbonyl (C=O) groups is 2. The van der Waals surface area contributed by atoms with Gasteiger partial charge in [0.2, 0.25) is 11.8 Å². The molecule has 1 aromatic rings. The SMILES string of the molecule is CC(=O)Nc1ccc(NC(C)=O)c(N[C@@H]2O[C@@H](CO)[C@@H](O)[C@@H]2O)c1. The first-order chi connectivity index (χ1) is 11.3. The molecule has 0 aromatic heterocycles. The summed E-state index contributed by atoms with van der Waals surface area (Å²) >= 11 is 0. The molecule has 0 aliphatic carbocycles. The molecule has 6 N–H and O–H groups in total. The average Bonchev–Trinajstić information content (AvgIpc) is 2.76. The third-order valence-electron chi connectivity index (χ3n) is 3.49. The van der Waals surface area contributed by atoms with Gasteiger partial charge in [-0.1, -0.05) is 0 Å². The number of hydrogen-bond donors (Lipinski definition) is 6. The summed E-state index contributed by atoms with van der Waals surface area (Å²) in [7, 11) is 0. The number of aliphatic hydroxyl groups excluding tert-OH is 3. The summed E-state index contributed by atoms with van der Waals surface area (Å²) in [6.07, 6.45) is -4.41. The molecule has 1 heterocycles. The van der Waals surface area contributed by atoms with Gasteiger partial charge >= 0.3 is 0 Å². The predicted octanol–water partition coefficient (Wildman–Crippen LogP) is -0.546. The van der Waals surface area contributed by atoms with Gasteiger partial charge in [0.15, 0.2) is 6.23 Å². The zero-order chi connectivity index (χ0) is 17.9. The molecule has 4 atom stereocenters. The van der Waals surface area contributed by atoms with E-state index >= 15 is 0 Å². The highest BCUT2D eigenvalue weighted by Gasteiger charge is 2.42. The molecular weight excluding hydrogens is 318 g/mol. The van der Waals surface area contributed by atoms with Gasteiger partial charge < -0.3 is 36.0 Å². The van der Waals surface area contributed by atoms with Crippen LogP contribution in [0.3, 0.4) is 0 Å². The van der Waals surface area contributed by atoms with E-state index in [0.717, 1.165) is 0 Å². The molecule has 1 aliphatic rings. The Balaban J connectivity index is 2.25. The van der Waals surface area contributed by atoms with Gasteiger partial charge in [-0.3, -0.25) is 9.59 Å². The number of rotatable bonds is 5. The van der Waals surface area contributed by atoms with Crippen LogP contribution in [0.4, 0.5) is 17.1 Å². The molecule has 132 valence electrons. The Morgan fingerprint density at radius 3 is 2.29 bits per heavy atom. The Kier molecular flexibility index (Phi) is 5.73. The molecule has 1 saturated heterocycles. The number of nitrogens with one attached hydrogen (secondary N) is 3. The maximum absolute atomic E-state index is 11.3. The first-order valence-electron chi connectivity index (χ1n) is 7.40. The van der Waals surface area contributed by atoms with Crippen LogP contribution in [0.5, 0.6) is 0 Å². The second-order valence-corrected chi connectivity index (χ2v) is 5.53. The van der Waals surface area contributed by atoms with Crippen LogP contribution in [0.2, 0.25) is 0 Å². The van der Waals surface area contributed by atoms with Gasteiger partial charge in [0.1, 0.15) is 18.3 Å². The summed E-state index contributed by atoms with van der Waals surface area (Å²) < 4.78 is 5.36. The van der Waals surface area contributed by atoms with Crippen LogP contribution in [0.25, 0.3) is 0 Å². The molecule has 0 spiro atoms. The number of amides is 2. The van der Waals surface area contributed by atoms with Crippen LogP contribution < -0.4 is 16.0 Å². The van der Waals surface area contributed by atoms with Crippen LogP contribution in [0, 0.1) is 0 Å². The molecule has 9 nitrogen and oxygen atoms in total. The van der Waals surface area contributed by atoms with E-state index in [9.17, 15) is 19.8 Å². The van der Waals surface area contributed by atoms with Gasteiger partial charge in [0, 0.05) is 19.5 Å². The lowest BCUT2D eigenvalue weighted by Gasteiger charge is -2.21. The van der Waals surface area contributed by atoms with Gasteiger partial charge in [-0.05, 0) is 18.2 Å². The number of ether oxygens (including phenoxy) is 1. The van der Waals surface area contributed by atoms with E-state index in [1.165, 1.54) is 13.8 Å². The van der Waals surface area contributed by atoms with Crippen molar-refractivity contribution >= 4 is 28.9 Å². The summed E-state index contributed by atoms with van der Waals surface area (Å²) in [5.74, 6) is -0.562. The number of anilines is 3. The lowest BCUT2D eigenvalue weighted by atomic mass is 10.1. The van der Waals surface area contributed by atoms with Crippen LogP contribution in [-0.4, -0.2) is 58.3 Å². The normalized spacial score (nSPS) is 26.0. The van der Waals surface area contributed by atoms with Crippen molar-refractivity contribution in [2.75, 3.05) is 22.6 Å². The third-order valence-corrected chi connectivity index (χ3v) is 3.49. The highest BCUT2D eigenvalue weighted by atomic mass is 16.6. The van der Waals surface area contributed by atoms with Gasteiger partial charge in [-0.15, -0.1) is 0 Å². The number of carbonyl (C=O) groups excluding carboxylic acids is 2. The van der Waals surface area contributed by atoms with E-state index in [0.29, 0.717) is 17.1 Å². The van der Waals surface area contributed by atoms with Crippen molar-refractivity contribution in [3.63, 3.8) is 0 Å². The highest BCUT2D eigenvalue weighted by molar-refractivity contribution is 5.95. The minimum Gasteiger partial charge on any atom is -0.394 e. The van der Waals surface area contributed by atoms with Crippen LogP contribution in [0.15, 0.2) is 18.2 Å². The first-order valence-corrected chi connectivity index (χ1v) is 7.40. The van der Waals surface area contributed by atoms with Crippen LogP contribution in [-0.2, 0) is 14.3 Å². The third kappa shape index (κ3) is 4.20. The quantitative estimate of drug-likeness (QED) is 0.423. The molecule has 0 bridgehead atoms. The standard InChI is InChI=1S/C15H21N3O6/c1-7(20)16-9-3-4-10(17-8(2)21)11(5-9)18-15-14(23)13(22)12(6-19)24-15/h3-5,12-15,18-19,22-23H,6H2,1-2H3,(H,16,20)(H,17,21)/t12-,13+,14-,15+/m0/s1. The highest BCUT2D eigenvalue weighted by Crippen LogP contribution is 2.30. The van der Waals surface area contributed by atoms with E-state index in [1.807, 2.05) is 0 Å². The minimum atomic E-state index is -1.27. The molecule has 24 heavy (non-hydrogen) atoms. The second kappa shape index (κ2) is 7.58. The topological polar surface area (TPSA) is 140 Å². The number of aliphatic hydroxyl groups is 3.